The van der Waals surface area contributed by atoms with Crippen LogP contribution in [0.4, 0.5) is 21.2 Å². The number of hydrogen-bond acceptors (Lipinski definition) is 17. The summed E-state index contributed by atoms with van der Waals surface area (Å²) in [5.74, 6) is -4.91. The molecule has 1 aromatic heterocycles. The van der Waals surface area contributed by atoms with Crippen molar-refractivity contribution in [3.05, 3.63) is 76.3 Å². The fourth-order valence-corrected chi connectivity index (χ4v) is 12.2. The number of likely N-dealkylation sites (tertiary alicyclic amines) is 1. The van der Waals surface area contributed by atoms with Gasteiger partial charge in [0, 0.05) is 60.1 Å². The zero-order valence-corrected chi connectivity index (χ0v) is 59.6. The number of likely N-dealkylation sites (N-methyl/N-ethyl adjacent to an activating group) is 2. The summed E-state index contributed by atoms with van der Waals surface area (Å²) < 4.78 is 17.8. The lowest BCUT2D eigenvalue weighted by Crippen LogP contribution is -2.60. The topological polar surface area (TPSA) is 360 Å². The lowest BCUT2D eigenvalue weighted by Gasteiger charge is -2.41. The lowest BCUT2D eigenvalue weighted by atomic mass is 9.89. The monoisotopic (exact) mass is 1380 g/mol. The van der Waals surface area contributed by atoms with Crippen LogP contribution >= 0.6 is 23.2 Å². The minimum atomic E-state index is -1.10. The smallest absolute Gasteiger partial charge is 0.410 e. The summed E-state index contributed by atoms with van der Waals surface area (Å²) in [6.07, 6.45) is 0.976. The van der Waals surface area contributed by atoms with E-state index in [0.29, 0.717) is 68.4 Å². The van der Waals surface area contributed by atoms with Crippen LogP contribution in [0, 0.1) is 29.6 Å². The molecule has 2 heterocycles. The van der Waals surface area contributed by atoms with Gasteiger partial charge in [-0.15, -0.1) is 0 Å². The SMILES string of the molecule is CC[C@H](C)[C@@H]([C@@H](CC(=O)N1CCC[C@H]1[C@H](OC)[C@@H](C)C(=O)N[C@H](C)[C@@H](O)c1ccccc1)OC)N(C)C(=O)[C@@H](NC(=O)[C@H](C(C)C)N(C)C(=O)OCc1ccc(NC(=O)[C@H](CCCNC(N)=O)NC(=O)[C@@H](NC(=O)CCCCCNc2nc(Cl)nc(Cl)n2)C(C)C)cc1)C(C)C. The predicted molar refractivity (Wildman–Crippen MR) is 366 cm³/mol. The number of aromatic nitrogens is 3. The van der Waals surface area contributed by atoms with Crippen LogP contribution in [-0.2, 0) is 54.4 Å². The van der Waals surface area contributed by atoms with E-state index in [1.165, 1.54) is 26.2 Å². The number of nitrogens with one attached hydrogen (secondary N) is 7. The highest BCUT2D eigenvalue weighted by atomic mass is 35.5. The number of nitrogens with two attached hydrogens (primary N) is 1. The molecule has 3 aromatic rings. The van der Waals surface area contributed by atoms with Crippen molar-refractivity contribution >= 4 is 88.3 Å². The Labute approximate surface area is 575 Å². The summed E-state index contributed by atoms with van der Waals surface area (Å²) in [6, 6.07) is 8.85. The molecule has 1 aliphatic rings. The number of hydrogen-bond donors (Lipinski definition) is 9. The van der Waals surface area contributed by atoms with Crippen LogP contribution in [0.25, 0.3) is 0 Å². The van der Waals surface area contributed by atoms with Crippen LogP contribution in [0.2, 0.25) is 10.6 Å². The Morgan fingerprint density at radius 2 is 1.36 bits per heavy atom. The Morgan fingerprint density at radius 1 is 0.719 bits per heavy atom. The van der Waals surface area contributed by atoms with Crippen LogP contribution in [0.1, 0.15) is 151 Å². The minimum Gasteiger partial charge on any atom is -0.445 e. The van der Waals surface area contributed by atoms with Crippen LogP contribution in [0.3, 0.4) is 0 Å². The predicted octanol–water partition coefficient (Wildman–Crippen LogP) is 6.76. The number of methoxy groups -OCH3 is 2. The van der Waals surface area contributed by atoms with E-state index >= 15 is 0 Å². The van der Waals surface area contributed by atoms with E-state index in [0.717, 1.165) is 0 Å². The average molecular weight is 1380 g/mol. The second-order valence-electron chi connectivity index (χ2n) is 25.7. The first-order chi connectivity index (χ1) is 45.4. The molecule has 2 aromatic carbocycles. The molecule has 10 amide bonds. The molecule has 0 unspecified atom stereocenters. The third-order valence-electron chi connectivity index (χ3n) is 17.5. The van der Waals surface area contributed by atoms with Gasteiger partial charge < -0.3 is 72.1 Å². The second kappa shape index (κ2) is 40.3. The number of anilines is 2. The molecule has 1 saturated heterocycles. The van der Waals surface area contributed by atoms with E-state index in [1.54, 1.807) is 109 Å². The molecule has 29 heteroatoms. The third-order valence-corrected chi connectivity index (χ3v) is 17.8. The number of primary amides is 1. The number of benzene rings is 2. The number of amides is 10. The molecule has 0 bridgehead atoms. The van der Waals surface area contributed by atoms with Crippen molar-refractivity contribution in [3.63, 3.8) is 0 Å². The lowest BCUT2D eigenvalue weighted by molar-refractivity contribution is -0.148. The van der Waals surface area contributed by atoms with Gasteiger partial charge in [-0.2, -0.15) is 15.0 Å². The molecule has 0 spiro atoms. The van der Waals surface area contributed by atoms with Gasteiger partial charge in [0.15, 0.2) is 0 Å². The number of halogens is 2. The number of carbonyl (C=O) groups is 9. The summed E-state index contributed by atoms with van der Waals surface area (Å²) in [7, 11) is 6.09. The third kappa shape index (κ3) is 24.9. The molecule has 96 heavy (non-hydrogen) atoms. The molecule has 0 radical (unpaired) electrons. The summed E-state index contributed by atoms with van der Waals surface area (Å²) in [5.41, 5.74) is 6.80. The Kier molecular flexibility index (Phi) is 34.0. The average Bonchev–Trinajstić information content (AvgIpc) is 1.61. The molecule has 1 fully saturated rings. The van der Waals surface area contributed by atoms with Gasteiger partial charge in [0.25, 0.3) is 0 Å². The first-order valence-corrected chi connectivity index (χ1v) is 33.9. The highest BCUT2D eigenvalue weighted by Crippen LogP contribution is 2.31. The van der Waals surface area contributed by atoms with E-state index in [1.807, 2.05) is 32.0 Å². The fraction of sp³-hybridized carbons (Fsp3) is 0.642. The molecule has 534 valence electrons. The van der Waals surface area contributed by atoms with Crippen molar-refractivity contribution in [1.82, 2.24) is 56.2 Å². The number of ether oxygens (including phenoxy) is 3. The van der Waals surface area contributed by atoms with E-state index in [2.05, 4.69) is 52.2 Å². The van der Waals surface area contributed by atoms with Crippen molar-refractivity contribution in [2.75, 3.05) is 58.6 Å². The second-order valence-corrected chi connectivity index (χ2v) is 26.4. The van der Waals surface area contributed by atoms with E-state index in [-0.39, 0.29) is 84.9 Å². The van der Waals surface area contributed by atoms with Crippen molar-refractivity contribution in [1.29, 1.82) is 0 Å². The number of nitrogens with zero attached hydrogens (tertiary/aromatic N) is 6. The van der Waals surface area contributed by atoms with E-state index in [9.17, 15) is 48.3 Å². The van der Waals surface area contributed by atoms with Gasteiger partial charge in [-0.3, -0.25) is 38.5 Å². The van der Waals surface area contributed by atoms with Crippen molar-refractivity contribution in [2.45, 2.75) is 201 Å². The molecule has 4 rings (SSSR count). The summed E-state index contributed by atoms with van der Waals surface area (Å²) >= 11 is 11.7. The zero-order chi connectivity index (χ0) is 71.5. The number of urea groups is 1. The largest absolute Gasteiger partial charge is 0.445 e. The molecule has 1 aliphatic heterocycles. The number of unbranched alkanes of at least 4 members (excludes halogenated alkanes) is 2. The molecule has 0 aliphatic carbocycles. The van der Waals surface area contributed by atoms with Gasteiger partial charge >= 0.3 is 12.1 Å². The molecule has 12 atom stereocenters. The normalized spacial score (nSPS) is 16.5. The number of rotatable bonds is 39. The Hall–Kier alpha value is -7.46. The number of carbonyl (C=O) groups excluding carboxylic acids is 9. The Balaban J connectivity index is 1.37. The van der Waals surface area contributed by atoms with Gasteiger partial charge in [0.1, 0.15) is 30.8 Å². The molecule has 10 N–H and O–H groups in total. The highest BCUT2D eigenvalue weighted by Gasteiger charge is 2.44. The first-order valence-electron chi connectivity index (χ1n) is 33.1. The Morgan fingerprint density at radius 3 is 1.95 bits per heavy atom. The van der Waals surface area contributed by atoms with Gasteiger partial charge in [0.05, 0.1) is 48.8 Å². The minimum absolute atomic E-state index is 0.0421. The van der Waals surface area contributed by atoms with Gasteiger partial charge in [-0.05, 0) is 116 Å². The molecule has 27 nitrogen and oxygen atoms in total. The highest BCUT2D eigenvalue weighted by molar-refractivity contribution is 6.31. The van der Waals surface area contributed by atoms with Gasteiger partial charge in [-0.25, -0.2) is 9.59 Å². The van der Waals surface area contributed by atoms with Crippen molar-refractivity contribution in [2.24, 2.45) is 35.3 Å². The summed E-state index contributed by atoms with van der Waals surface area (Å²) in [5, 5.41) is 30.6. The molecule has 0 saturated carbocycles. The Bertz CT molecular complexity index is 2990. The van der Waals surface area contributed by atoms with Crippen LogP contribution < -0.4 is 43.0 Å². The molecular weight excluding hydrogens is 1280 g/mol. The maximum absolute atomic E-state index is 14.8. The summed E-state index contributed by atoms with van der Waals surface area (Å²) in [6.45, 7) is 18.9. The number of aliphatic hydroxyl groups is 1. The standard InChI is InChI=1S/C67H104Cl2N14O13/c1-15-41(8)55(49(94-13)36-51(85)83-35-23-27-48(83)57(95-14)42(9)58(87)73-43(10)56(86)45-24-18-16-19-25-45)81(11)62(91)53(39(4)5)77-61(90)54(40(6)7)82(12)67(93)96-37-44-29-31-46(32-30-44)74-59(88)47(26-22-34-71-65(70)92)75-60(89)52(38(2)3)76-50(84)28-20-17-21-33-72-66-79-63(68)78-64(69)80-66/h16,18-19,24-25,29-32,38-43,47-49,52-57,86H,15,17,20-23,26-28,33-37H2,1-14H3,(H,73,87)(H,74,88)(H,75,89)(H,76,84)(H,77,90)(H3,70,71,92)(H,72,78,79,80)/t41-,42+,43+,47-,48-,49+,52-,53-,54-,55-,56+,57+/m0/s1. The zero-order valence-electron chi connectivity index (χ0n) is 58.1. The quantitative estimate of drug-likeness (QED) is 0.0266. The van der Waals surface area contributed by atoms with E-state index in [4.69, 9.17) is 43.1 Å². The van der Waals surface area contributed by atoms with Crippen LogP contribution in [-0.4, -0.2) is 191 Å². The summed E-state index contributed by atoms with van der Waals surface area (Å²) in [4.78, 5) is 139. The van der Waals surface area contributed by atoms with Crippen molar-refractivity contribution < 1.29 is 62.5 Å². The number of aliphatic hydroxyl groups excluding tert-OH is 1. The van der Waals surface area contributed by atoms with Gasteiger partial charge in [-0.1, -0.05) is 118 Å². The van der Waals surface area contributed by atoms with Crippen LogP contribution in [0.5, 0.6) is 0 Å². The van der Waals surface area contributed by atoms with Gasteiger partial charge in [0.2, 0.25) is 57.9 Å². The first kappa shape index (κ1) is 81.0. The van der Waals surface area contributed by atoms with Crippen molar-refractivity contribution in [3.8, 4) is 0 Å². The fourth-order valence-electron chi connectivity index (χ4n) is 11.9. The van der Waals surface area contributed by atoms with Crippen LogP contribution in [0.15, 0.2) is 54.6 Å². The molecular formula is C67H104Cl2N14O13. The maximum Gasteiger partial charge on any atom is 0.410 e. The maximum atomic E-state index is 14.8. The van der Waals surface area contributed by atoms with E-state index < -0.39 is 114 Å².